The number of nitrogens with one attached hydrogen (secondary N) is 1. The summed E-state index contributed by atoms with van der Waals surface area (Å²) in [5.74, 6) is 1.23. The van der Waals surface area contributed by atoms with Crippen molar-refractivity contribution >= 4 is 17.5 Å². The van der Waals surface area contributed by atoms with Crippen molar-refractivity contribution in [3.05, 3.63) is 65.5 Å². The maximum absolute atomic E-state index is 12.3. The molecule has 1 aromatic carbocycles. The Labute approximate surface area is 197 Å². The summed E-state index contributed by atoms with van der Waals surface area (Å²) in [5.41, 5.74) is 2.29. The lowest BCUT2D eigenvalue weighted by Crippen LogP contribution is -2.29. The maximum Gasteiger partial charge on any atom is 0.231 e. The van der Waals surface area contributed by atoms with Gasteiger partial charge in [0.2, 0.25) is 11.8 Å². The summed E-state index contributed by atoms with van der Waals surface area (Å²) < 4.78 is 11.2. The van der Waals surface area contributed by atoms with Crippen LogP contribution in [-0.4, -0.2) is 58.7 Å². The van der Waals surface area contributed by atoms with E-state index in [2.05, 4.69) is 15.3 Å². The number of nitrogens with zero attached hydrogens (tertiary/aromatic N) is 3. The Morgan fingerprint density at radius 3 is 2.73 bits per heavy atom. The van der Waals surface area contributed by atoms with E-state index >= 15 is 0 Å². The Balaban J connectivity index is 1.19. The number of aliphatic hydroxyl groups excluding tert-OH is 1. The Morgan fingerprint density at radius 1 is 1.21 bits per heavy atom. The van der Waals surface area contributed by atoms with Gasteiger partial charge in [-0.2, -0.15) is 0 Å². The van der Waals surface area contributed by atoms with E-state index in [1.165, 1.54) is 0 Å². The Morgan fingerprint density at radius 2 is 2.00 bits per heavy atom. The van der Waals surface area contributed by atoms with Crippen molar-refractivity contribution in [2.24, 2.45) is 0 Å². The number of ether oxygens (including phenoxy) is 1. The van der Waals surface area contributed by atoms with Crippen LogP contribution in [0.1, 0.15) is 30.4 Å². The molecule has 0 unspecified atom stereocenters. The number of oxazole rings is 1. The van der Waals surface area contributed by atoms with Crippen LogP contribution in [0.2, 0.25) is 5.15 Å². The van der Waals surface area contributed by atoms with Crippen molar-refractivity contribution in [2.75, 3.05) is 32.8 Å². The van der Waals surface area contributed by atoms with Crippen LogP contribution in [0, 0.1) is 0 Å². The first-order valence-corrected chi connectivity index (χ1v) is 11.4. The van der Waals surface area contributed by atoms with Gasteiger partial charge in [0, 0.05) is 43.5 Å². The summed E-state index contributed by atoms with van der Waals surface area (Å²) >= 11 is 5.76. The zero-order chi connectivity index (χ0) is 23.0. The van der Waals surface area contributed by atoms with Gasteiger partial charge in [0.05, 0.1) is 6.10 Å². The zero-order valence-corrected chi connectivity index (χ0v) is 19.0. The average Bonchev–Trinajstić information content (AvgIpc) is 3.52. The third-order valence-electron chi connectivity index (χ3n) is 5.48. The predicted molar refractivity (Wildman–Crippen MR) is 124 cm³/mol. The first kappa shape index (κ1) is 23.2. The number of aliphatic hydroxyl groups is 1. The molecule has 8 nitrogen and oxygen atoms in total. The molecule has 3 heterocycles. The van der Waals surface area contributed by atoms with Gasteiger partial charge in [-0.3, -0.25) is 4.79 Å². The monoisotopic (exact) mass is 470 g/mol. The van der Waals surface area contributed by atoms with Crippen molar-refractivity contribution < 1.29 is 19.1 Å². The van der Waals surface area contributed by atoms with Crippen molar-refractivity contribution in [3.8, 4) is 17.0 Å². The smallest absolute Gasteiger partial charge is 0.231 e. The molecular formula is C24H27ClN4O4. The topological polar surface area (TPSA) is 101 Å². The second kappa shape index (κ2) is 11.3. The van der Waals surface area contributed by atoms with Gasteiger partial charge in [-0.1, -0.05) is 17.7 Å². The van der Waals surface area contributed by atoms with Gasteiger partial charge in [0.25, 0.3) is 0 Å². The number of benzene rings is 1. The number of hydrogen-bond donors (Lipinski definition) is 2. The number of rotatable bonds is 10. The van der Waals surface area contributed by atoms with E-state index in [1.807, 2.05) is 29.2 Å². The molecule has 0 aliphatic carbocycles. The molecule has 3 aromatic rings. The maximum atomic E-state index is 12.3. The molecule has 9 heteroatoms. The van der Waals surface area contributed by atoms with Crippen LogP contribution >= 0.6 is 11.6 Å². The lowest BCUT2D eigenvalue weighted by molar-refractivity contribution is -0.129. The highest BCUT2D eigenvalue weighted by molar-refractivity contribution is 6.29. The number of pyridine rings is 1. The molecule has 2 aromatic heterocycles. The summed E-state index contributed by atoms with van der Waals surface area (Å²) in [6.45, 7) is 3.07. The Hall–Kier alpha value is -2.94. The van der Waals surface area contributed by atoms with Gasteiger partial charge >= 0.3 is 0 Å². The second-order valence-corrected chi connectivity index (χ2v) is 8.29. The largest absolute Gasteiger partial charge is 0.492 e. The minimum Gasteiger partial charge on any atom is -0.492 e. The minimum absolute atomic E-state index is 0.0654. The third kappa shape index (κ3) is 6.54. The number of hydrogen-bond acceptors (Lipinski definition) is 7. The molecule has 0 saturated carbocycles. The van der Waals surface area contributed by atoms with E-state index in [-0.39, 0.29) is 12.3 Å². The lowest BCUT2D eigenvalue weighted by Gasteiger charge is -2.13. The zero-order valence-electron chi connectivity index (χ0n) is 18.2. The summed E-state index contributed by atoms with van der Waals surface area (Å²) in [7, 11) is 0. The highest BCUT2D eigenvalue weighted by Crippen LogP contribution is 2.22. The van der Waals surface area contributed by atoms with E-state index in [9.17, 15) is 9.90 Å². The van der Waals surface area contributed by atoms with Gasteiger partial charge in [-0.05, 0) is 43.2 Å². The van der Waals surface area contributed by atoms with Gasteiger partial charge < -0.3 is 24.5 Å². The van der Waals surface area contributed by atoms with Crippen LogP contribution in [0.3, 0.4) is 0 Å². The normalized spacial score (nSPS) is 14.4. The third-order valence-corrected chi connectivity index (χ3v) is 5.71. The number of halogens is 1. The van der Waals surface area contributed by atoms with Crippen LogP contribution in [-0.2, 0) is 11.2 Å². The molecular weight excluding hydrogens is 444 g/mol. The van der Waals surface area contributed by atoms with Crippen LogP contribution < -0.4 is 10.1 Å². The van der Waals surface area contributed by atoms with E-state index in [4.69, 9.17) is 20.8 Å². The SMILES string of the molecule is O=C(Cc1nc(-c2ccc(OCCNC[C@H](O)c3ccc(Cl)nc3)cc2)co1)N1CCCC1. The van der Waals surface area contributed by atoms with Gasteiger partial charge in [0.1, 0.15) is 35.9 Å². The molecule has 1 aliphatic rings. The highest BCUT2D eigenvalue weighted by Gasteiger charge is 2.20. The molecule has 0 spiro atoms. The minimum atomic E-state index is -0.660. The number of aromatic nitrogens is 2. The summed E-state index contributed by atoms with van der Waals surface area (Å²) in [6.07, 6.45) is 4.81. The van der Waals surface area contributed by atoms with Crippen molar-refractivity contribution in [3.63, 3.8) is 0 Å². The molecule has 33 heavy (non-hydrogen) atoms. The molecule has 1 saturated heterocycles. The first-order valence-electron chi connectivity index (χ1n) is 11.0. The van der Waals surface area contributed by atoms with Crippen LogP contribution in [0.4, 0.5) is 0 Å². The summed E-state index contributed by atoms with van der Waals surface area (Å²) in [4.78, 5) is 22.5. The molecule has 1 amide bonds. The molecule has 1 fully saturated rings. The van der Waals surface area contributed by atoms with Crippen LogP contribution in [0.5, 0.6) is 5.75 Å². The lowest BCUT2D eigenvalue weighted by atomic mass is 10.1. The number of likely N-dealkylation sites (tertiary alicyclic amines) is 1. The standard InChI is InChI=1S/C24H27ClN4O4/c25-22-8-5-18(14-27-22)21(30)15-26-9-12-32-19-6-3-17(4-7-19)20-16-33-23(28-20)13-24(31)29-10-1-2-11-29/h3-8,14,16,21,26,30H,1-2,9-13,15H2/t21-/m0/s1. The fourth-order valence-electron chi connectivity index (χ4n) is 3.64. The molecule has 1 atom stereocenters. The Kier molecular flexibility index (Phi) is 7.93. The fraction of sp³-hybridized carbons (Fsp3) is 0.375. The second-order valence-electron chi connectivity index (χ2n) is 7.90. The molecule has 0 radical (unpaired) electrons. The quantitative estimate of drug-likeness (QED) is 0.346. The van der Waals surface area contributed by atoms with Gasteiger partial charge in [0.15, 0.2) is 0 Å². The highest BCUT2D eigenvalue weighted by atomic mass is 35.5. The number of amides is 1. The van der Waals surface area contributed by atoms with E-state index in [0.717, 1.165) is 37.2 Å². The van der Waals surface area contributed by atoms with Crippen LogP contribution in [0.25, 0.3) is 11.3 Å². The van der Waals surface area contributed by atoms with E-state index in [0.29, 0.717) is 42.0 Å². The molecule has 0 bridgehead atoms. The summed E-state index contributed by atoms with van der Waals surface area (Å²) in [6, 6.07) is 11.0. The van der Waals surface area contributed by atoms with E-state index in [1.54, 1.807) is 24.6 Å². The molecule has 1 aliphatic heterocycles. The summed E-state index contributed by atoms with van der Waals surface area (Å²) in [5, 5.41) is 13.7. The predicted octanol–water partition coefficient (Wildman–Crippen LogP) is 3.26. The van der Waals surface area contributed by atoms with Gasteiger partial charge in [-0.25, -0.2) is 9.97 Å². The molecule has 174 valence electrons. The number of carbonyl (C=O) groups is 1. The van der Waals surface area contributed by atoms with Crippen molar-refractivity contribution in [1.82, 2.24) is 20.2 Å². The fourth-order valence-corrected chi connectivity index (χ4v) is 3.75. The molecule has 2 N–H and O–H groups in total. The van der Waals surface area contributed by atoms with Crippen molar-refractivity contribution in [2.45, 2.75) is 25.4 Å². The van der Waals surface area contributed by atoms with Crippen LogP contribution in [0.15, 0.2) is 53.3 Å². The van der Waals surface area contributed by atoms with Crippen molar-refractivity contribution in [1.29, 1.82) is 0 Å². The first-order chi connectivity index (χ1) is 16.1. The molecule has 4 rings (SSSR count). The van der Waals surface area contributed by atoms with E-state index < -0.39 is 6.10 Å². The number of carbonyl (C=O) groups excluding carboxylic acids is 1. The average molecular weight is 471 g/mol. The van der Waals surface area contributed by atoms with Gasteiger partial charge in [-0.15, -0.1) is 0 Å². The Bertz CT molecular complexity index is 1030.